The quantitative estimate of drug-likeness (QED) is 0.0408. The van der Waals surface area contributed by atoms with E-state index in [1.165, 1.54) is 35.9 Å². The number of nitrogens with zero attached hydrogens (tertiary/aromatic N) is 6. The molecule has 292 valence electrons. The van der Waals surface area contributed by atoms with Crippen LogP contribution in [0.15, 0.2) is 81.8 Å². The van der Waals surface area contributed by atoms with Crippen molar-refractivity contribution in [2.45, 2.75) is 63.2 Å². The number of hydrogen-bond donors (Lipinski definition) is 5. The van der Waals surface area contributed by atoms with Crippen molar-refractivity contribution in [2.75, 3.05) is 24.6 Å². The fourth-order valence-electron chi connectivity index (χ4n) is 6.91. The number of oxime groups is 1. The number of ketones is 1. The van der Waals surface area contributed by atoms with Gasteiger partial charge in [0.25, 0.3) is 0 Å². The molecule has 7 rings (SSSR count). The summed E-state index contributed by atoms with van der Waals surface area (Å²) in [6.45, 7) is 5.31. The summed E-state index contributed by atoms with van der Waals surface area (Å²) in [5.41, 5.74) is 13.6. The largest absolute Gasteiger partial charge is 0.478 e. The predicted octanol–water partition coefficient (Wildman–Crippen LogP) is 2.59. The molecule has 0 saturated carbocycles. The van der Waals surface area contributed by atoms with Crippen LogP contribution in [0.5, 0.6) is 0 Å². The number of hydrogen-bond acceptors (Lipinski definition) is 12. The van der Waals surface area contributed by atoms with Crippen molar-refractivity contribution in [3.8, 4) is 0 Å². The first-order chi connectivity index (χ1) is 26.8. The zero-order valence-electron chi connectivity index (χ0n) is 30.8. The van der Waals surface area contributed by atoms with Crippen LogP contribution in [-0.2, 0) is 37.1 Å². The highest BCUT2D eigenvalue weighted by atomic mass is 32.2. The molecule has 0 aliphatic carbocycles. The molecule has 16 nitrogen and oxygen atoms in total. The number of carboxylic acids is 2. The Hall–Kier alpha value is -5.59. The Labute approximate surface area is 329 Å². The molecule has 0 spiro atoms. The molecule has 4 aromatic rings. The minimum atomic E-state index is -1.75. The molecular weight excluding hydrogens is 759 g/mol. The number of β-lactam (4-membered cyclic amide) rings is 1. The summed E-state index contributed by atoms with van der Waals surface area (Å²) < 4.78 is 4.04. The Morgan fingerprint density at radius 3 is 2.62 bits per heavy atom. The minimum Gasteiger partial charge on any atom is -0.478 e. The summed E-state index contributed by atoms with van der Waals surface area (Å²) in [4.78, 5) is 66.5. The number of Topliss-reactive ketones (excluding diaryl/α,β-unsaturated/α-hetero) is 1. The van der Waals surface area contributed by atoms with Crippen LogP contribution < -0.4 is 21.4 Å². The van der Waals surface area contributed by atoms with Gasteiger partial charge in [-0.05, 0) is 44.9 Å². The van der Waals surface area contributed by atoms with Crippen molar-refractivity contribution in [3.05, 3.63) is 88.5 Å². The van der Waals surface area contributed by atoms with Gasteiger partial charge in [-0.3, -0.25) is 19.5 Å². The van der Waals surface area contributed by atoms with Crippen molar-refractivity contribution >= 4 is 74.3 Å². The molecule has 6 heterocycles. The molecule has 2 saturated heterocycles. The second-order valence-electron chi connectivity index (χ2n) is 14.4. The number of benzene rings is 1. The summed E-state index contributed by atoms with van der Waals surface area (Å²) >= 11 is 2.44. The lowest BCUT2D eigenvalue weighted by molar-refractivity contribution is -0.687. The van der Waals surface area contributed by atoms with Crippen molar-refractivity contribution in [3.63, 3.8) is 0 Å². The summed E-state index contributed by atoms with van der Waals surface area (Å²) in [5.74, 6) is -3.60. The Balaban J connectivity index is 1.03. The number of aliphatic carboxylic acids is 2. The molecule has 1 aromatic carbocycles. The summed E-state index contributed by atoms with van der Waals surface area (Å²) in [7, 11) is 0. The fourth-order valence-corrected chi connectivity index (χ4v) is 8.86. The van der Waals surface area contributed by atoms with Crippen molar-refractivity contribution in [1.82, 2.24) is 19.8 Å². The lowest BCUT2D eigenvalue weighted by Crippen LogP contribution is -2.62. The molecule has 0 bridgehead atoms. The number of fused-ring (bicyclic) bond motifs is 2. The Kier molecular flexibility index (Phi) is 11.0. The smallest absolute Gasteiger partial charge is 0.352 e. The second kappa shape index (κ2) is 15.9. The number of nitrogen functional groups attached to an aromatic ring is 1. The van der Waals surface area contributed by atoms with Crippen LogP contribution in [0.3, 0.4) is 0 Å². The predicted molar refractivity (Wildman–Crippen MR) is 211 cm³/mol. The van der Waals surface area contributed by atoms with Gasteiger partial charge in [0, 0.05) is 54.0 Å². The molecule has 18 heteroatoms. The number of thioether (sulfide) groups is 1. The van der Waals surface area contributed by atoms with Crippen LogP contribution in [-0.4, -0.2) is 95.7 Å². The van der Waals surface area contributed by atoms with Gasteiger partial charge < -0.3 is 36.4 Å². The summed E-state index contributed by atoms with van der Waals surface area (Å²) in [6, 6.07) is 12.3. The van der Waals surface area contributed by atoms with E-state index in [2.05, 4.69) is 32.2 Å². The van der Waals surface area contributed by atoms with Gasteiger partial charge in [0.1, 0.15) is 17.2 Å². The molecule has 56 heavy (non-hydrogen) atoms. The van der Waals surface area contributed by atoms with E-state index in [0.717, 1.165) is 59.3 Å². The first-order valence-corrected chi connectivity index (χ1v) is 20.0. The number of carboxylic acid groups (broad SMARTS) is 2. The maximum Gasteiger partial charge on any atom is 0.352 e. The zero-order valence-corrected chi connectivity index (χ0v) is 32.4. The molecule has 2 fully saturated rings. The number of aliphatic imine (C=N–C) groups is 1. The van der Waals surface area contributed by atoms with Gasteiger partial charge in [0.05, 0.1) is 28.2 Å². The number of carbonyl (C=O) groups excluding carboxylic acids is 2. The Morgan fingerprint density at radius 1 is 1.16 bits per heavy atom. The molecule has 3 aliphatic rings. The van der Waals surface area contributed by atoms with E-state index in [1.807, 2.05) is 47.4 Å². The SMILES string of the molecule is CC(C)(O/N=C(\C(=O)C[C@@H]1C(=O)N2C(C(=O)O)=C(C[n+]3ccc4c(ccn4Cc4ccc(C(N)=NC5CCCNC5)cc4)c3)CS[C@H]12)c1csc(N)n1)C(=O)O. The maximum absolute atomic E-state index is 13.5. The van der Waals surface area contributed by atoms with Crippen molar-refractivity contribution in [2.24, 2.45) is 21.8 Å². The lowest BCUT2D eigenvalue weighted by Gasteiger charge is -2.49. The third-order valence-corrected chi connectivity index (χ3v) is 12.1. The van der Waals surface area contributed by atoms with Crippen LogP contribution in [0.1, 0.15) is 49.9 Å². The van der Waals surface area contributed by atoms with Crippen LogP contribution in [0.25, 0.3) is 10.9 Å². The minimum absolute atomic E-state index is 0.0876. The number of amides is 1. The number of amidine groups is 1. The number of anilines is 1. The van der Waals surface area contributed by atoms with Gasteiger partial charge >= 0.3 is 11.9 Å². The number of carbonyl (C=O) groups is 4. The van der Waals surface area contributed by atoms with Crippen molar-refractivity contribution in [1.29, 1.82) is 0 Å². The maximum atomic E-state index is 13.5. The van der Waals surface area contributed by atoms with Crippen LogP contribution in [0.4, 0.5) is 5.13 Å². The van der Waals surface area contributed by atoms with Gasteiger partial charge in [0.15, 0.2) is 35.6 Å². The normalized spacial score (nSPS) is 20.5. The van der Waals surface area contributed by atoms with Gasteiger partial charge in [-0.25, -0.2) is 19.1 Å². The fraction of sp³-hybridized carbons (Fsp3) is 0.368. The van der Waals surface area contributed by atoms with E-state index < -0.39 is 40.5 Å². The monoisotopic (exact) mass is 800 g/mol. The molecule has 3 aromatic heterocycles. The summed E-state index contributed by atoms with van der Waals surface area (Å²) in [5, 5.41) is 29.0. The number of nitrogens with two attached hydrogens (primary N) is 2. The average Bonchev–Trinajstić information content (AvgIpc) is 3.79. The number of piperidine rings is 1. The Bertz CT molecular complexity index is 2290. The third kappa shape index (κ3) is 8.03. The highest BCUT2D eigenvalue weighted by Crippen LogP contribution is 2.45. The van der Waals surface area contributed by atoms with E-state index in [9.17, 15) is 29.4 Å². The zero-order chi connectivity index (χ0) is 39.7. The molecular formula is C38H42N9O7S2+. The molecule has 7 N–H and O–H groups in total. The highest BCUT2D eigenvalue weighted by molar-refractivity contribution is 8.00. The van der Waals surface area contributed by atoms with E-state index in [1.54, 1.807) is 0 Å². The van der Waals surface area contributed by atoms with Gasteiger partial charge in [-0.2, -0.15) is 0 Å². The van der Waals surface area contributed by atoms with E-state index >= 15 is 0 Å². The molecule has 0 radical (unpaired) electrons. The standard InChI is InChI=1S/C38H41N9O7S2/c1-38(2,36(52)53)54-44-30(27-20-56-37(40)43-27)29(48)14-26-33(49)47-31(35(50)51)24(19-55-34(26)47)18-45-12-10-28-23(17-45)9-13-46(28)16-21-5-7-22(8-6-21)32(39)42-25-4-3-11-41-15-25/h5-10,12-13,17,20,25-26,34,41H,3-4,11,14-16,18-19H2,1-2H3,(H5-,39,40,42,43,50,51,52,53)/p+1/b44-30-/t25?,26-,34-/m1/s1. The first kappa shape index (κ1) is 38.7. The average molecular weight is 801 g/mol. The van der Waals surface area contributed by atoms with E-state index in [-0.39, 0.29) is 41.2 Å². The third-order valence-electron chi connectivity index (χ3n) is 10.0. The topological polar surface area (TPSA) is 232 Å². The second-order valence-corrected chi connectivity index (χ2v) is 16.4. The number of rotatable bonds is 14. The molecule has 3 aliphatic heterocycles. The number of nitrogens with one attached hydrogen (secondary N) is 1. The molecule has 1 unspecified atom stereocenters. The van der Waals surface area contributed by atoms with Gasteiger partial charge in [-0.15, -0.1) is 23.1 Å². The first-order valence-electron chi connectivity index (χ1n) is 18.0. The highest BCUT2D eigenvalue weighted by Gasteiger charge is 2.54. The van der Waals surface area contributed by atoms with Crippen LogP contribution in [0, 0.1) is 5.92 Å². The Morgan fingerprint density at radius 2 is 1.95 bits per heavy atom. The number of thiazole rings is 1. The van der Waals surface area contributed by atoms with Gasteiger partial charge in [0.2, 0.25) is 11.5 Å². The van der Waals surface area contributed by atoms with Crippen LogP contribution >= 0.6 is 23.1 Å². The summed E-state index contributed by atoms with van der Waals surface area (Å²) in [6.07, 6.45) is 7.67. The molecule has 3 atom stereocenters. The van der Waals surface area contributed by atoms with Gasteiger partial charge in [-0.1, -0.05) is 29.4 Å². The number of aromatic nitrogens is 3. The number of pyridine rings is 1. The van der Waals surface area contributed by atoms with Crippen LogP contribution in [0.2, 0.25) is 0 Å². The van der Waals surface area contributed by atoms with E-state index in [0.29, 0.717) is 23.7 Å². The lowest BCUT2D eigenvalue weighted by atomic mass is 9.89. The van der Waals surface area contributed by atoms with Crippen molar-refractivity contribution < 1.29 is 38.8 Å². The molecule has 1 amide bonds. The van der Waals surface area contributed by atoms with E-state index in [4.69, 9.17) is 21.3 Å².